The molecule has 1 N–H and O–H groups in total. The standard InChI is InChI=1S/C25H30N4OS/c1-16(2)15-28-24(23(27-25(28)31)22-11-6-7-12-26-22)21-13-17(3)29(18(21)4)19-9-8-10-20(14-19)30-5/h6-14,16,23-24H,15H2,1-5H3,(H,27,31)/t23-,24+/m1/s1. The van der Waals surface area contributed by atoms with Crippen molar-refractivity contribution in [2.24, 2.45) is 5.92 Å². The number of hydrogen-bond acceptors (Lipinski definition) is 3. The Labute approximate surface area is 190 Å². The van der Waals surface area contributed by atoms with Crippen molar-refractivity contribution in [1.29, 1.82) is 0 Å². The van der Waals surface area contributed by atoms with Gasteiger partial charge in [0.25, 0.3) is 0 Å². The first-order valence-corrected chi connectivity index (χ1v) is 11.1. The minimum atomic E-state index is 0.00621. The molecule has 0 saturated carbocycles. The molecule has 162 valence electrons. The third-order valence-corrected chi connectivity index (χ3v) is 6.21. The fraction of sp³-hybridized carbons (Fsp3) is 0.360. The van der Waals surface area contributed by atoms with E-state index in [1.165, 1.54) is 17.0 Å². The molecule has 5 nitrogen and oxygen atoms in total. The summed E-state index contributed by atoms with van der Waals surface area (Å²) >= 11 is 5.79. The zero-order valence-electron chi connectivity index (χ0n) is 18.8. The molecule has 0 radical (unpaired) electrons. The highest BCUT2D eigenvalue weighted by molar-refractivity contribution is 7.80. The quantitative estimate of drug-likeness (QED) is 0.545. The molecule has 2 aromatic heterocycles. The maximum Gasteiger partial charge on any atom is 0.170 e. The molecular formula is C25H30N4OS. The van der Waals surface area contributed by atoms with E-state index in [1.807, 2.05) is 30.5 Å². The monoisotopic (exact) mass is 434 g/mol. The molecule has 1 aliphatic heterocycles. The number of pyridine rings is 1. The van der Waals surface area contributed by atoms with Gasteiger partial charge < -0.3 is 19.5 Å². The fourth-order valence-corrected chi connectivity index (χ4v) is 4.88. The van der Waals surface area contributed by atoms with Crippen LogP contribution in [0.3, 0.4) is 0 Å². The van der Waals surface area contributed by atoms with E-state index in [1.54, 1.807) is 7.11 Å². The second-order valence-corrected chi connectivity index (χ2v) is 8.92. The molecule has 0 bridgehead atoms. The number of hydrogen-bond donors (Lipinski definition) is 1. The number of rotatable bonds is 6. The number of nitrogens with one attached hydrogen (secondary N) is 1. The first-order chi connectivity index (χ1) is 14.9. The Hall–Kier alpha value is -2.86. The lowest BCUT2D eigenvalue weighted by molar-refractivity contribution is 0.287. The number of ether oxygens (including phenoxy) is 1. The number of nitrogens with zero attached hydrogens (tertiary/aromatic N) is 3. The highest BCUT2D eigenvalue weighted by Gasteiger charge is 2.41. The molecule has 3 aromatic rings. The van der Waals surface area contributed by atoms with Crippen molar-refractivity contribution < 1.29 is 4.74 Å². The van der Waals surface area contributed by atoms with Gasteiger partial charge in [-0.1, -0.05) is 26.0 Å². The average molecular weight is 435 g/mol. The van der Waals surface area contributed by atoms with Gasteiger partial charge in [-0.25, -0.2) is 0 Å². The molecule has 1 aliphatic rings. The second-order valence-electron chi connectivity index (χ2n) is 8.54. The zero-order valence-corrected chi connectivity index (χ0v) is 19.6. The Morgan fingerprint density at radius 2 is 1.94 bits per heavy atom. The third kappa shape index (κ3) is 4.04. The molecule has 3 heterocycles. The van der Waals surface area contributed by atoms with Crippen LogP contribution in [0, 0.1) is 19.8 Å². The maximum atomic E-state index is 5.79. The summed E-state index contributed by atoms with van der Waals surface area (Å²) in [6.07, 6.45) is 1.85. The van der Waals surface area contributed by atoms with Gasteiger partial charge in [-0.05, 0) is 67.9 Å². The van der Waals surface area contributed by atoms with Crippen molar-refractivity contribution in [3.05, 3.63) is 77.4 Å². The lowest BCUT2D eigenvalue weighted by Gasteiger charge is -2.29. The molecule has 1 fully saturated rings. The van der Waals surface area contributed by atoms with E-state index in [4.69, 9.17) is 17.0 Å². The minimum Gasteiger partial charge on any atom is -0.497 e. The van der Waals surface area contributed by atoms with Gasteiger partial charge in [0.15, 0.2) is 5.11 Å². The van der Waals surface area contributed by atoms with E-state index in [0.717, 1.165) is 28.8 Å². The molecule has 6 heteroatoms. The SMILES string of the molecule is COc1cccc(-n2c(C)cc([C@H]3[C@@H](c4ccccn4)NC(=S)N3CC(C)C)c2C)c1. The molecule has 1 aromatic carbocycles. The summed E-state index contributed by atoms with van der Waals surface area (Å²) in [5, 5.41) is 4.35. The van der Waals surface area contributed by atoms with Crippen LogP contribution in [0.4, 0.5) is 0 Å². The Kier molecular flexibility index (Phi) is 6.01. The number of aromatic nitrogens is 2. The Bertz CT molecular complexity index is 1080. The van der Waals surface area contributed by atoms with E-state index in [9.17, 15) is 0 Å². The van der Waals surface area contributed by atoms with Crippen molar-refractivity contribution in [1.82, 2.24) is 19.8 Å². The summed E-state index contributed by atoms with van der Waals surface area (Å²) in [5.41, 5.74) is 5.76. The van der Waals surface area contributed by atoms with E-state index in [0.29, 0.717) is 5.92 Å². The van der Waals surface area contributed by atoms with Crippen LogP contribution in [-0.2, 0) is 0 Å². The van der Waals surface area contributed by atoms with Gasteiger partial charge in [0.05, 0.1) is 24.9 Å². The number of methoxy groups -OCH3 is 1. The molecular weight excluding hydrogens is 404 g/mol. The van der Waals surface area contributed by atoms with E-state index >= 15 is 0 Å². The van der Waals surface area contributed by atoms with Crippen molar-refractivity contribution in [2.75, 3.05) is 13.7 Å². The second kappa shape index (κ2) is 8.71. The summed E-state index contributed by atoms with van der Waals surface area (Å²) in [4.78, 5) is 6.98. The van der Waals surface area contributed by atoms with Crippen LogP contribution in [0.2, 0.25) is 0 Å². The number of aryl methyl sites for hydroxylation is 1. The zero-order chi connectivity index (χ0) is 22.1. The van der Waals surface area contributed by atoms with Gasteiger partial charge in [0, 0.05) is 35.9 Å². The Morgan fingerprint density at radius 1 is 1.13 bits per heavy atom. The molecule has 31 heavy (non-hydrogen) atoms. The normalized spacial score (nSPS) is 18.5. The van der Waals surface area contributed by atoms with Gasteiger partial charge in [-0.3, -0.25) is 4.98 Å². The predicted octanol–water partition coefficient (Wildman–Crippen LogP) is 5.13. The van der Waals surface area contributed by atoms with Gasteiger partial charge in [-0.2, -0.15) is 0 Å². The van der Waals surface area contributed by atoms with E-state index < -0.39 is 0 Å². The van der Waals surface area contributed by atoms with E-state index in [2.05, 4.69) is 71.7 Å². The highest BCUT2D eigenvalue weighted by Crippen LogP contribution is 2.41. The van der Waals surface area contributed by atoms with Gasteiger partial charge in [0.1, 0.15) is 5.75 Å². The Balaban J connectivity index is 1.83. The van der Waals surface area contributed by atoms with Crippen LogP contribution in [0.15, 0.2) is 54.7 Å². The Morgan fingerprint density at radius 3 is 2.61 bits per heavy atom. The van der Waals surface area contributed by atoms with E-state index in [-0.39, 0.29) is 12.1 Å². The lowest BCUT2D eigenvalue weighted by atomic mass is 9.96. The fourth-order valence-electron chi connectivity index (χ4n) is 4.57. The minimum absolute atomic E-state index is 0.00621. The molecule has 1 saturated heterocycles. The molecule has 0 amide bonds. The summed E-state index contributed by atoms with van der Waals surface area (Å²) < 4.78 is 7.75. The molecule has 0 unspecified atom stereocenters. The van der Waals surface area contributed by atoms with Crippen LogP contribution in [0.25, 0.3) is 5.69 Å². The van der Waals surface area contributed by atoms with Crippen molar-refractivity contribution in [3.63, 3.8) is 0 Å². The number of benzene rings is 1. The molecule has 0 spiro atoms. The van der Waals surface area contributed by atoms with Crippen LogP contribution in [-0.4, -0.2) is 33.2 Å². The maximum absolute atomic E-state index is 5.79. The van der Waals surface area contributed by atoms with Crippen molar-refractivity contribution in [3.8, 4) is 11.4 Å². The first kappa shape index (κ1) is 21.4. The smallest absolute Gasteiger partial charge is 0.170 e. The van der Waals surface area contributed by atoms with Gasteiger partial charge in [0.2, 0.25) is 0 Å². The highest BCUT2D eigenvalue weighted by atomic mass is 32.1. The van der Waals surface area contributed by atoms with Crippen LogP contribution in [0.1, 0.15) is 48.6 Å². The van der Waals surface area contributed by atoms with Crippen LogP contribution in [0.5, 0.6) is 5.75 Å². The summed E-state index contributed by atoms with van der Waals surface area (Å²) in [6.45, 7) is 9.69. The lowest BCUT2D eigenvalue weighted by Crippen LogP contribution is -2.33. The van der Waals surface area contributed by atoms with Crippen molar-refractivity contribution >= 4 is 17.3 Å². The summed E-state index contributed by atoms with van der Waals surface area (Å²) in [5.74, 6) is 1.34. The van der Waals surface area contributed by atoms with Crippen LogP contribution >= 0.6 is 12.2 Å². The average Bonchev–Trinajstić information content (AvgIpc) is 3.23. The molecule has 4 rings (SSSR count). The molecule has 2 atom stereocenters. The third-order valence-electron chi connectivity index (χ3n) is 5.86. The van der Waals surface area contributed by atoms with Crippen molar-refractivity contribution in [2.45, 2.75) is 39.8 Å². The number of thiocarbonyl (C=S) groups is 1. The molecule has 0 aliphatic carbocycles. The summed E-state index contributed by atoms with van der Waals surface area (Å²) in [7, 11) is 1.70. The van der Waals surface area contributed by atoms with Gasteiger partial charge >= 0.3 is 0 Å². The van der Waals surface area contributed by atoms with Gasteiger partial charge in [-0.15, -0.1) is 0 Å². The predicted molar refractivity (Wildman–Crippen MR) is 129 cm³/mol. The summed E-state index contributed by atoms with van der Waals surface area (Å²) in [6, 6.07) is 16.6. The topological polar surface area (TPSA) is 42.3 Å². The van der Waals surface area contributed by atoms with Crippen LogP contribution < -0.4 is 10.1 Å². The largest absolute Gasteiger partial charge is 0.497 e. The first-order valence-electron chi connectivity index (χ1n) is 10.7.